The molecule has 0 spiro atoms. The van der Waals surface area contributed by atoms with Gasteiger partial charge in [0.2, 0.25) is 0 Å². The second kappa shape index (κ2) is 5.77. The van der Waals surface area contributed by atoms with E-state index >= 15 is 0 Å². The van der Waals surface area contributed by atoms with Gasteiger partial charge in [0.15, 0.2) is 23.0 Å². The summed E-state index contributed by atoms with van der Waals surface area (Å²) in [6, 6.07) is 7.56. The highest BCUT2D eigenvalue weighted by atomic mass is 16.5. The summed E-state index contributed by atoms with van der Waals surface area (Å²) in [4.78, 5) is 2.16. The molecule has 0 unspecified atom stereocenters. The number of aromatic hydroxyl groups is 1. The minimum atomic E-state index is 0.141. The summed E-state index contributed by atoms with van der Waals surface area (Å²) in [7, 11) is 4.86. The standard InChI is InChI=1S/C20H19NO4/c1-23-18-5-4-12-8-16-14-10-19(24-2)17(22)9-13(14)6-7-21(16)11-15(12)20(18)25-3/h4-10,22H,11H2,1-3H3. The minimum Gasteiger partial charge on any atom is -0.504 e. The summed E-state index contributed by atoms with van der Waals surface area (Å²) in [5.74, 6) is 2.10. The average Bonchev–Trinajstić information content (AvgIpc) is 2.64. The lowest BCUT2D eigenvalue weighted by Crippen LogP contribution is -2.22. The van der Waals surface area contributed by atoms with E-state index in [-0.39, 0.29) is 5.75 Å². The molecular weight excluding hydrogens is 318 g/mol. The van der Waals surface area contributed by atoms with E-state index in [0.29, 0.717) is 12.3 Å². The summed E-state index contributed by atoms with van der Waals surface area (Å²) in [5, 5.41) is 10.0. The van der Waals surface area contributed by atoms with Crippen LogP contribution >= 0.6 is 0 Å². The van der Waals surface area contributed by atoms with E-state index in [9.17, 15) is 5.11 Å². The molecule has 0 aliphatic carbocycles. The quantitative estimate of drug-likeness (QED) is 0.925. The number of nitrogens with zero attached hydrogens (tertiary/aromatic N) is 1. The topological polar surface area (TPSA) is 51.2 Å². The Kier molecular flexibility index (Phi) is 3.57. The van der Waals surface area contributed by atoms with Gasteiger partial charge in [-0.1, -0.05) is 6.07 Å². The van der Waals surface area contributed by atoms with Crippen molar-refractivity contribution in [2.45, 2.75) is 6.54 Å². The van der Waals surface area contributed by atoms with Gasteiger partial charge in [-0.2, -0.15) is 0 Å². The number of hydrogen-bond acceptors (Lipinski definition) is 5. The van der Waals surface area contributed by atoms with Crippen molar-refractivity contribution in [3.05, 3.63) is 52.7 Å². The van der Waals surface area contributed by atoms with Crippen molar-refractivity contribution in [1.29, 1.82) is 0 Å². The summed E-state index contributed by atoms with van der Waals surface area (Å²) in [6.45, 7) is 0.681. The maximum atomic E-state index is 10.0. The van der Waals surface area contributed by atoms with Crippen molar-refractivity contribution >= 4 is 17.8 Å². The third-order valence-corrected chi connectivity index (χ3v) is 4.68. The molecule has 1 N–H and O–H groups in total. The summed E-state index contributed by atoms with van der Waals surface area (Å²) in [6.07, 6.45) is 6.13. The number of ether oxygens (including phenoxy) is 3. The molecule has 2 aromatic rings. The van der Waals surface area contributed by atoms with Crippen LogP contribution in [0.3, 0.4) is 0 Å². The number of benzene rings is 2. The van der Waals surface area contributed by atoms with Gasteiger partial charge in [0.1, 0.15) is 0 Å². The van der Waals surface area contributed by atoms with Crippen LogP contribution in [0.5, 0.6) is 23.0 Å². The predicted molar refractivity (Wildman–Crippen MR) is 96.7 cm³/mol. The first-order valence-corrected chi connectivity index (χ1v) is 7.98. The average molecular weight is 337 g/mol. The first kappa shape index (κ1) is 15.4. The number of phenolic OH excluding ortho intramolecular Hbond substituents is 1. The Hall–Kier alpha value is -3.08. The largest absolute Gasteiger partial charge is 0.504 e. The van der Waals surface area contributed by atoms with Crippen molar-refractivity contribution in [3.8, 4) is 23.0 Å². The van der Waals surface area contributed by atoms with Gasteiger partial charge < -0.3 is 24.2 Å². The SMILES string of the molecule is COc1cc2c(cc1O)C=CN1Cc3c(ccc(OC)c3OC)C=C21. The molecule has 0 bridgehead atoms. The van der Waals surface area contributed by atoms with Crippen LogP contribution in [0.1, 0.15) is 22.3 Å². The molecule has 0 aromatic heterocycles. The first-order valence-electron chi connectivity index (χ1n) is 7.98. The Labute approximate surface area is 146 Å². The van der Waals surface area contributed by atoms with Crippen LogP contribution in [0.2, 0.25) is 0 Å². The number of hydrogen-bond donors (Lipinski definition) is 1. The Morgan fingerprint density at radius 1 is 0.960 bits per heavy atom. The molecule has 0 radical (unpaired) electrons. The van der Waals surface area contributed by atoms with Gasteiger partial charge in [0.05, 0.1) is 27.9 Å². The van der Waals surface area contributed by atoms with Crippen LogP contribution in [-0.2, 0) is 6.54 Å². The lowest BCUT2D eigenvalue weighted by atomic mass is 9.92. The highest BCUT2D eigenvalue weighted by Gasteiger charge is 2.26. The van der Waals surface area contributed by atoms with Gasteiger partial charge in [0.25, 0.3) is 0 Å². The van der Waals surface area contributed by atoms with Gasteiger partial charge in [-0.25, -0.2) is 0 Å². The second-order valence-corrected chi connectivity index (χ2v) is 5.95. The normalized spacial score (nSPS) is 14.2. The zero-order chi connectivity index (χ0) is 17.6. The predicted octanol–water partition coefficient (Wildman–Crippen LogP) is 3.72. The van der Waals surface area contributed by atoms with Crippen molar-refractivity contribution in [2.75, 3.05) is 21.3 Å². The number of phenols is 1. The monoisotopic (exact) mass is 337 g/mol. The van der Waals surface area contributed by atoms with Crippen molar-refractivity contribution in [1.82, 2.24) is 4.90 Å². The van der Waals surface area contributed by atoms with Gasteiger partial charge >= 0.3 is 0 Å². The number of methoxy groups -OCH3 is 3. The summed E-state index contributed by atoms with van der Waals surface area (Å²) >= 11 is 0. The number of rotatable bonds is 3. The fraction of sp³-hybridized carbons (Fsp3) is 0.200. The van der Waals surface area contributed by atoms with Crippen LogP contribution in [0.4, 0.5) is 0 Å². The Morgan fingerprint density at radius 3 is 2.48 bits per heavy atom. The van der Waals surface area contributed by atoms with Crippen LogP contribution < -0.4 is 14.2 Å². The summed E-state index contributed by atoms with van der Waals surface area (Å²) < 4.78 is 16.3. The molecule has 5 nitrogen and oxygen atoms in total. The van der Waals surface area contributed by atoms with Gasteiger partial charge in [0, 0.05) is 23.0 Å². The van der Waals surface area contributed by atoms with Crippen molar-refractivity contribution in [3.63, 3.8) is 0 Å². The highest BCUT2D eigenvalue weighted by molar-refractivity contribution is 5.91. The molecular formula is C20H19NO4. The first-order chi connectivity index (χ1) is 12.2. The molecule has 2 aliphatic heterocycles. The maximum absolute atomic E-state index is 10.0. The third-order valence-electron chi connectivity index (χ3n) is 4.68. The fourth-order valence-electron chi connectivity index (χ4n) is 3.43. The molecule has 4 rings (SSSR count). The Morgan fingerprint density at radius 2 is 1.76 bits per heavy atom. The molecule has 0 atom stereocenters. The molecule has 128 valence electrons. The van der Waals surface area contributed by atoms with Gasteiger partial charge in [-0.15, -0.1) is 0 Å². The van der Waals surface area contributed by atoms with Gasteiger partial charge in [-0.3, -0.25) is 0 Å². The smallest absolute Gasteiger partial charge is 0.166 e. The minimum absolute atomic E-state index is 0.141. The lowest BCUT2D eigenvalue weighted by Gasteiger charge is -2.33. The zero-order valence-corrected chi connectivity index (χ0v) is 14.4. The van der Waals surface area contributed by atoms with E-state index in [0.717, 1.165) is 39.4 Å². The van der Waals surface area contributed by atoms with Crippen LogP contribution in [0.25, 0.3) is 17.8 Å². The van der Waals surface area contributed by atoms with Crippen LogP contribution in [0, 0.1) is 0 Å². The van der Waals surface area contributed by atoms with E-state index in [1.165, 1.54) is 0 Å². The second-order valence-electron chi connectivity index (χ2n) is 5.95. The Bertz CT molecular complexity index is 914. The molecule has 0 saturated heterocycles. The fourth-order valence-corrected chi connectivity index (χ4v) is 3.43. The van der Waals surface area contributed by atoms with Crippen molar-refractivity contribution in [2.24, 2.45) is 0 Å². The van der Waals surface area contributed by atoms with E-state index in [1.54, 1.807) is 27.4 Å². The molecule has 25 heavy (non-hydrogen) atoms. The molecule has 2 aromatic carbocycles. The number of fused-ring (bicyclic) bond motifs is 4. The maximum Gasteiger partial charge on any atom is 0.166 e. The third kappa shape index (κ3) is 2.31. The summed E-state index contributed by atoms with van der Waals surface area (Å²) in [5.41, 5.74) is 5.24. The van der Waals surface area contributed by atoms with E-state index in [2.05, 4.69) is 11.0 Å². The van der Waals surface area contributed by atoms with Crippen LogP contribution in [-0.4, -0.2) is 31.3 Å². The molecule has 5 heteroatoms. The molecule has 2 aliphatic rings. The van der Waals surface area contributed by atoms with Gasteiger partial charge in [-0.05, 0) is 41.5 Å². The Balaban J connectivity index is 1.89. The molecule has 0 saturated carbocycles. The van der Waals surface area contributed by atoms with E-state index < -0.39 is 0 Å². The highest BCUT2D eigenvalue weighted by Crippen LogP contribution is 2.44. The molecule has 2 heterocycles. The van der Waals surface area contributed by atoms with E-state index in [1.807, 2.05) is 30.5 Å². The van der Waals surface area contributed by atoms with Crippen molar-refractivity contribution < 1.29 is 19.3 Å². The molecule has 0 fully saturated rings. The van der Waals surface area contributed by atoms with Crippen LogP contribution in [0.15, 0.2) is 30.5 Å². The molecule has 0 amide bonds. The zero-order valence-electron chi connectivity index (χ0n) is 14.4. The van der Waals surface area contributed by atoms with E-state index in [4.69, 9.17) is 14.2 Å². The lowest BCUT2D eigenvalue weighted by molar-refractivity contribution is 0.347.